The molecule has 0 spiro atoms. The predicted molar refractivity (Wildman–Crippen MR) is 93.3 cm³/mol. The Balaban J connectivity index is 1.70. The summed E-state index contributed by atoms with van der Waals surface area (Å²) in [7, 11) is 3.90. The highest BCUT2D eigenvalue weighted by atomic mass is 16.5. The van der Waals surface area contributed by atoms with E-state index in [-0.39, 0.29) is 0 Å². The first kappa shape index (κ1) is 15.9. The van der Waals surface area contributed by atoms with Crippen molar-refractivity contribution in [3.05, 3.63) is 60.2 Å². The molecule has 0 N–H and O–H groups in total. The monoisotopic (exact) mass is 311 g/mol. The first-order chi connectivity index (χ1) is 11.3. The molecule has 3 heteroatoms. The summed E-state index contributed by atoms with van der Waals surface area (Å²) in [6.45, 7) is 2.97. The summed E-state index contributed by atoms with van der Waals surface area (Å²) >= 11 is 0. The van der Waals surface area contributed by atoms with Crippen LogP contribution in [0.1, 0.15) is 17.9 Å². The molecule has 2 atom stereocenters. The van der Waals surface area contributed by atoms with Crippen molar-refractivity contribution in [3.8, 4) is 11.5 Å². The quantitative estimate of drug-likeness (QED) is 0.838. The number of methoxy groups -OCH3 is 1. The average Bonchev–Trinajstić information content (AvgIpc) is 2.61. The summed E-state index contributed by atoms with van der Waals surface area (Å²) in [4.78, 5) is 2.40. The molecule has 1 aliphatic rings. The van der Waals surface area contributed by atoms with Gasteiger partial charge in [0.05, 0.1) is 13.7 Å². The Kier molecular flexibility index (Phi) is 5.19. The molecule has 122 valence electrons. The van der Waals surface area contributed by atoms with E-state index in [1.165, 1.54) is 12.0 Å². The molecule has 0 saturated carbocycles. The molecule has 1 heterocycles. The van der Waals surface area contributed by atoms with Crippen LogP contribution in [0.3, 0.4) is 0 Å². The van der Waals surface area contributed by atoms with Crippen LogP contribution in [0.25, 0.3) is 0 Å². The van der Waals surface area contributed by atoms with Crippen LogP contribution in [-0.2, 0) is 0 Å². The lowest BCUT2D eigenvalue weighted by atomic mass is 9.81. The third kappa shape index (κ3) is 4.05. The summed E-state index contributed by atoms with van der Waals surface area (Å²) in [5, 5.41) is 0. The highest BCUT2D eigenvalue weighted by Crippen LogP contribution is 2.34. The van der Waals surface area contributed by atoms with Crippen LogP contribution >= 0.6 is 0 Å². The van der Waals surface area contributed by atoms with Crippen molar-refractivity contribution in [2.75, 3.05) is 33.9 Å². The second kappa shape index (κ2) is 7.51. The largest absolute Gasteiger partial charge is 0.497 e. The molecule has 0 aromatic heterocycles. The minimum absolute atomic E-state index is 0.502. The third-order valence-corrected chi connectivity index (χ3v) is 4.69. The number of nitrogens with zero attached hydrogens (tertiary/aromatic N) is 1. The van der Waals surface area contributed by atoms with Crippen LogP contribution in [0.4, 0.5) is 0 Å². The minimum atomic E-state index is 0.502. The van der Waals surface area contributed by atoms with Gasteiger partial charge in [-0.1, -0.05) is 30.3 Å². The van der Waals surface area contributed by atoms with Gasteiger partial charge in [-0.15, -0.1) is 0 Å². The van der Waals surface area contributed by atoms with E-state index in [9.17, 15) is 0 Å². The number of para-hydroxylation sites is 1. The number of benzene rings is 2. The number of ether oxygens (including phenoxy) is 2. The fourth-order valence-corrected chi connectivity index (χ4v) is 3.39. The van der Waals surface area contributed by atoms with Gasteiger partial charge < -0.3 is 14.4 Å². The SMILES string of the molecule is COc1ccc(C2CCN(C)CC2COc2ccccc2)cc1. The number of likely N-dealkylation sites (tertiary alicyclic amines) is 1. The van der Waals surface area contributed by atoms with E-state index in [1.807, 2.05) is 30.3 Å². The van der Waals surface area contributed by atoms with E-state index in [4.69, 9.17) is 9.47 Å². The molecule has 23 heavy (non-hydrogen) atoms. The van der Waals surface area contributed by atoms with Crippen molar-refractivity contribution < 1.29 is 9.47 Å². The van der Waals surface area contributed by atoms with Gasteiger partial charge >= 0.3 is 0 Å². The lowest BCUT2D eigenvalue weighted by Crippen LogP contribution is -2.39. The Morgan fingerprint density at radius 3 is 2.43 bits per heavy atom. The zero-order chi connectivity index (χ0) is 16.1. The van der Waals surface area contributed by atoms with Gasteiger partial charge in [0, 0.05) is 12.5 Å². The fraction of sp³-hybridized carbons (Fsp3) is 0.400. The molecule has 3 rings (SSSR count). The maximum atomic E-state index is 6.04. The first-order valence-corrected chi connectivity index (χ1v) is 8.26. The first-order valence-electron chi connectivity index (χ1n) is 8.26. The second-order valence-electron chi connectivity index (χ2n) is 6.31. The summed E-state index contributed by atoms with van der Waals surface area (Å²) in [5.74, 6) is 2.91. The molecule has 2 unspecified atom stereocenters. The highest BCUT2D eigenvalue weighted by Gasteiger charge is 2.29. The zero-order valence-electron chi connectivity index (χ0n) is 13.9. The topological polar surface area (TPSA) is 21.7 Å². The number of hydrogen-bond acceptors (Lipinski definition) is 3. The number of hydrogen-bond donors (Lipinski definition) is 0. The zero-order valence-corrected chi connectivity index (χ0v) is 13.9. The Hall–Kier alpha value is -2.00. The van der Waals surface area contributed by atoms with E-state index in [2.05, 4.69) is 36.2 Å². The van der Waals surface area contributed by atoms with Gasteiger partial charge in [0.2, 0.25) is 0 Å². The molecule has 2 aromatic carbocycles. The molecule has 1 fully saturated rings. The van der Waals surface area contributed by atoms with Gasteiger partial charge in [-0.2, -0.15) is 0 Å². The van der Waals surface area contributed by atoms with E-state index < -0.39 is 0 Å². The molecule has 0 amide bonds. The van der Waals surface area contributed by atoms with E-state index >= 15 is 0 Å². The molecule has 2 aromatic rings. The van der Waals surface area contributed by atoms with Gasteiger partial charge in [0.15, 0.2) is 0 Å². The number of rotatable bonds is 5. The van der Waals surface area contributed by atoms with E-state index in [0.717, 1.165) is 31.2 Å². The summed E-state index contributed by atoms with van der Waals surface area (Å²) in [6, 6.07) is 18.6. The third-order valence-electron chi connectivity index (χ3n) is 4.69. The highest BCUT2D eigenvalue weighted by molar-refractivity contribution is 5.30. The Morgan fingerprint density at radius 1 is 1.00 bits per heavy atom. The van der Waals surface area contributed by atoms with Crippen LogP contribution in [0.2, 0.25) is 0 Å². The van der Waals surface area contributed by atoms with Crippen LogP contribution in [0.15, 0.2) is 54.6 Å². The van der Waals surface area contributed by atoms with Crippen molar-refractivity contribution in [2.24, 2.45) is 5.92 Å². The molecule has 3 nitrogen and oxygen atoms in total. The molecular formula is C20H25NO2. The van der Waals surface area contributed by atoms with Crippen molar-refractivity contribution in [3.63, 3.8) is 0 Å². The lowest BCUT2D eigenvalue weighted by Gasteiger charge is -2.37. The molecule has 0 radical (unpaired) electrons. The van der Waals surface area contributed by atoms with Gasteiger partial charge in [-0.05, 0) is 55.8 Å². The Bertz CT molecular complexity index is 597. The summed E-state index contributed by atoms with van der Waals surface area (Å²) in [5.41, 5.74) is 1.39. The van der Waals surface area contributed by atoms with Crippen molar-refractivity contribution in [2.45, 2.75) is 12.3 Å². The van der Waals surface area contributed by atoms with Crippen LogP contribution in [0, 0.1) is 5.92 Å². The van der Waals surface area contributed by atoms with Crippen molar-refractivity contribution in [1.82, 2.24) is 4.90 Å². The average molecular weight is 311 g/mol. The van der Waals surface area contributed by atoms with Gasteiger partial charge in [-0.25, -0.2) is 0 Å². The van der Waals surface area contributed by atoms with Crippen molar-refractivity contribution in [1.29, 1.82) is 0 Å². The molecule has 1 aliphatic heterocycles. The van der Waals surface area contributed by atoms with E-state index in [1.54, 1.807) is 7.11 Å². The molecular weight excluding hydrogens is 286 g/mol. The Labute approximate surface area is 138 Å². The standard InChI is InChI=1S/C20H25NO2/c1-21-13-12-20(16-8-10-18(22-2)11-9-16)17(14-21)15-23-19-6-4-3-5-7-19/h3-11,17,20H,12-15H2,1-2H3. The van der Waals surface area contributed by atoms with Crippen molar-refractivity contribution >= 4 is 0 Å². The van der Waals surface area contributed by atoms with E-state index in [0.29, 0.717) is 11.8 Å². The lowest BCUT2D eigenvalue weighted by molar-refractivity contribution is 0.129. The van der Waals surface area contributed by atoms with Gasteiger partial charge in [0.25, 0.3) is 0 Å². The fourth-order valence-electron chi connectivity index (χ4n) is 3.39. The van der Waals surface area contributed by atoms with Gasteiger partial charge in [-0.3, -0.25) is 0 Å². The number of piperidine rings is 1. The van der Waals surface area contributed by atoms with Crippen LogP contribution in [-0.4, -0.2) is 38.8 Å². The predicted octanol–water partition coefficient (Wildman–Crippen LogP) is 3.81. The maximum absolute atomic E-state index is 6.04. The Morgan fingerprint density at radius 2 is 1.74 bits per heavy atom. The van der Waals surface area contributed by atoms with Crippen LogP contribution < -0.4 is 9.47 Å². The minimum Gasteiger partial charge on any atom is -0.497 e. The molecule has 1 saturated heterocycles. The normalized spacial score (nSPS) is 21.8. The van der Waals surface area contributed by atoms with Crippen LogP contribution in [0.5, 0.6) is 11.5 Å². The smallest absolute Gasteiger partial charge is 0.119 e. The maximum Gasteiger partial charge on any atom is 0.119 e. The summed E-state index contributed by atoms with van der Waals surface area (Å²) < 4.78 is 11.3. The van der Waals surface area contributed by atoms with Gasteiger partial charge in [0.1, 0.15) is 11.5 Å². The second-order valence-corrected chi connectivity index (χ2v) is 6.31. The molecule has 0 bridgehead atoms. The summed E-state index contributed by atoms with van der Waals surface area (Å²) in [6.07, 6.45) is 1.17. The molecule has 0 aliphatic carbocycles.